The molecule has 9 heteroatoms. The summed E-state index contributed by atoms with van der Waals surface area (Å²) >= 11 is 6.15. The highest BCUT2D eigenvalue weighted by Crippen LogP contribution is 2.31. The van der Waals surface area contributed by atoms with Crippen LogP contribution >= 0.6 is 11.6 Å². The minimum atomic E-state index is 0.433. The van der Waals surface area contributed by atoms with Crippen molar-refractivity contribution in [1.82, 2.24) is 19.7 Å². The SMILES string of the molecule is COc1ccc(Nc2nccc(Nc3cc(C)nn3-c3cccc(Cl)c3)n2)cc1OC. The number of nitrogens with one attached hydrogen (secondary N) is 2. The van der Waals surface area contributed by atoms with E-state index in [0.29, 0.717) is 28.3 Å². The Labute approximate surface area is 184 Å². The summed E-state index contributed by atoms with van der Waals surface area (Å²) in [5, 5.41) is 11.7. The van der Waals surface area contributed by atoms with Crippen molar-refractivity contribution in [3.8, 4) is 17.2 Å². The second-order valence-corrected chi connectivity index (χ2v) is 7.08. The van der Waals surface area contributed by atoms with Crippen LogP contribution in [-0.2, 0) is 0 Å². The molecular formula is C22H21ClN6O2. The standard InChI is InChI=1S/C22H21ClN6O2/c1-14-11-21(29(28-14)17-6-4-5-15(23)12-17)26-20-9-10-24-22(27-20)25-16-7-8-18(30-2)19(13-16)31-3/h4-13H,1-3H3,(H2,24,25,26,27). The number of nitrogens with zero attached hydrogens (tertiary/aromatic N) is 4. The van der Waals surface area contributed by atoms with Crippen molar-refractivity contribution in [1.29, 1.82) is 0 Å². The summed E-state index contributed by atoms with van der Waals surface area (Å²) in [6.45, 7) is 1.93. The third-order valence-corrected chi connectivity index (χ3v) is 4.67. The first kappa shape index (κ1) is 20.5. The van der Waals surface area contributed by atoms with Gasteiger partial charge in [0.2, 0.25) is 5.95 Å². The van der Waals surface area contributed by atoms with Gasteiger partial charge in [0, 0.05) is 29.0 Å². The zero-order valence-corrected chi connectivity index (χ0v) is 18.0. The van der Waals surface area contributed by atoms with Crippen LogP contribution in [0.3, 0.4) is 0 Å². The Kier molecular flexibility index (Phi) is 5.90. The van der Waals surface area contributed by atoms with E-state index < -0.39 is 0 Å². The van der Waals surface area contributed by atoms with Gasteiger partial charge in [0.25, 0.3) is 0 Å². The fraction of sp³-hybridized carbons (Fsp3) is 0.136. The van der Waals surface area contributed by atoms with Crippen LogP contribution in [0.2, 0.25) is 5.02 Å². The number of aromatic nitrogens is 4. The van der Waals surface area contributed by atoms with Gasteiger partial charge in [-0.25, -0.2) is 9.67 Å². The average molecular weight is 437 g/mol. The monoisotopic (exact) mass is 436 g/mol. The first-order valence-corrected chi connectivity index (χ1v) is 9.85. The van der Waals surface area contributed by atoms with E-state index in [1.165, 1.54) is 0 Å². The van der Waals surface area contributed by atoms with E-state index in [1.807, 2.05) is 55.5 Å². The number of aryl methyl sites for hydroxylation is 1. The number of hydrogen-bond donors (Lipinski definition) is 2. The van der Waals surface area contributed by atoms with Gasteiger partial charge in [-0.3, -0.25) is 0 Å². The molecule has 2 heterocycles. The summed E-state index contributed by atoms with van der Waals surface area (Å²) in [5.41, 5.74) is 2.48. The largest absolute Gasteiger partial charge is 0.493 e. The van der Waals surface area contributed by atoms with Gasteiger partial charge in [-0.2, -0.15) is 10.1 Å². The second-order valence-electron chi connectivity index (χ2n) is 6.65. The van der Waals surface area contributed by atoms with E-state index in [1.54, 1.807) is 31.2 Å². The van der Waals surface area contributed by atoms with Gasteiger partial charge in [-0.05, 0) is 43.3 Å². The maximum Gasteiger partial charge on any atom is 0.229 e. The van der Waals surface area contributed by atoms with Gasteiger partial charge in [-0.1, -0.05) is 17.7 Å². The molecule has 0 spiro atoms. The first-order chi connectivity index (χ1) is 15.1. The predicted molar refractivity (Wildman–Crippen MR) is 121 cm³/mol. The van der Waals surface area contributed by atoms with E-state index in [0.717, 1.165) is 22.9 Å². The van der Waals surface area contributed by atoms with Crippen molar-refractivity contribution in [2.75, 3.05) is 24.9 Å². The number of halogens is 1. The lowest BCUT2D eigenvalue weighted by Gasteiger charge is -2.12. The molecule has 0 aliphatic heterocycles. The van der Waals surface area contributed by atoms with Gasteiger partial charge >= 0.3 is 0 Å². The molecular weight excluding hydrogens is 416 g/mol. The molecule has 0 aliphatic carbocycles. The maximum absolute atomic E-state index is 6.15. The van der Waals surface area contributed by atoms with Crippen LogP contribution in [0.15, 0.2) is 60.8 Å². The fourth-order valence-corrected chi connectivity index (χ4v) is 3.24. The smallest absolute Gasteiger partial charge is 0.229 e. The lowest BCUT2D eigenvalue weighted by molar-refractivity contribution is 0.355. The molecule has 8 nitrogen and oxygen atoms in total. The molecule has 0 bridgehead atoms. The molecule has 2 N–H and O–H groups in total. The van der Waals surface area contributed by atoms with Crippen LogP contribution in [0.1, 0.15) is 5.69 Å². The Morgan fingerprint density at radius 1 is 0.935 bits per heavy atom. The Bertz CT molecular complexity index is 1210. The quantitative estimate of drug-likeness (QED) is 0.415. The van der Waals surface area contributed by atoms with Crippen LogP contribution in [0.5, 0.6) is 11.5 Å². The molecule has 4 rings (SSSR count). The van der Waals surface area contributed by atoms with E-state index in [-0.39, 0.29) is 0 Å². The molecule has 0 saturated carbocycles. The number of methoxy groups -OCH3 is 2. The van der Waals surface area contributed by atoms with Crippen molar-refractivity contribution in [2.45, 2.75) is 6.92 Å². The molecule has 158 valence electrons. The van der Waals surface area contributed by atoms with Crippen molar-refractivity contribution in [2.24, 2.45) is 0 Å². The minimum absolute atomic E-state index is 0.433. The average Bonchev–Trinajstić information content (AvgIpc) is 3.14. The lowest BCUT2D eigenvalue weighted by Crippen LogP contribution is -2.05. The Morgan fingerprint density at radius 2 is 1.77 bits per heavy atom. The summed E-state index contributed by atoms with van der Waals surface area (Å²) in [5.74, 6) is 3.07. The summed E-state index contributed by atoms with van der Waals surface area (Å²) in [6, 6.07) is 16.7. The van der Waals surface area contributed by atoms with Crippen LogP contribution in [0, 0.1) is 6.92 Å². The summed E-state index contributed by atoms with van der Waals surface area (Å²) in [7, 11) is 3.19. The van der Waals surface area contributed by atoms with Gasteiger partial charge in [-0.15, -0.1) is 0 Å². The van der Waals surface area contributed by atoms with Gasteiger partial charge in [0.05, 0.1) is 25.6 Å². The van der Waals surface area contributed by atoms with Crippen LogP contribution in [0.4, 0.5) is 23.3 Å². The van der Waals surface area contributed by atoms with Gasteiger partial charge in [0.15, 0.2) is 11.5 Å². The molecule has 31 heavy (non-hydrogen) atoms. The highest BCUT2D eigenvalue weighted by Gasteiger charge is 2.10. The number of rotatable bonds is 7. The highest BCUT2D eigenvalue weighted by atomic mass is 35.5. The molecule has 0 atom stereocenters. The third kappa shape index (κ3) is 4.70. The predicted octanol–water partition coefficient (Wildman–Crippen LogP) is 5.13. The molecule has 0 radical (unpaired) electrons. The minimum Gasteiger partial charge on any atom is -0.493 e. The number of hydrogen-bond acceptors (Lipinski definition) is 7. The number of benzene rings is 2. The van der Waals surface area contributed by atoms with Crippen molar-refractivity contribution in [3.05, 3.63) is 71.5 Å². The van der Waals surface area contributed by atoms with Gasteiger partial charge < -0.3 is 20.1 Å². The number of anilines is 4. The van der Waals surface area contributed by atoms with E-state index in [4.69, 9.17) is 21.1 Å². The van der Waals surface area contributed by atoms with Crippen LogP contribution < -0.4 is 20.1 Å². The maximum atomic E-state index is 6.15. The zero-order chi connectivity index (χ0) is 21.8. The Morgan fingerprint density at radius 3 is 2.55 bits per heavy atom. The summed E-state index contributed by atoms with van der Waals surface area (Å²) in [4.78, 5) is 8.85. The zero-order valence-electron chi connectivity index (χ0n) is 17.3. The summed E-state index contributed by atoms with van der Waals surface area (Å²) < 4.78 is 12.4. The Hall–Kier alpha value is -3.78. The number of ether oxygens (including phenoxy) is 2. The molecule has 4 aromatic rings. The summed E-state index contributed by atoms with van der Waals surface area (Å²) in [6.07, 6.45) is 1.67. The molecule has 0 saturated heterocycles. The molecule has 0 amide bonds. The van der Waals surface area contributed by atoms with Crippen molar-refractivity contribution in [3.63, 3.8) is 0 Å². The normalized spacial score (nSPS) is 10.6. The lowest BCUT2D eigenvalue weighted by atomic mass is 10.3. The van der Waals surface area contributed by atoms with Crippen LogP contribution in [-0.4, -0.2) is 34.0 Å². The molecule has 0 unspecified atom stereocenters. The molecule has 2 aromatic heterocycles. The van der Waals surface area contributed by atoms with Crippen molar-refractivity contribution >= 4 is 34.9 Å². The Balaban J connectivity index is 1.58. The topological polar surface area (TPSA) is 86.1 Å². The van der Waals surface area contributed by atoms with Crippen LogP contribution in [0.25, 0.3) is 5.69 Å². The van der Waals surface area contributed by atoms with Crippen molar-refractivity contribution < 1.29 is 9.47 Å². The van der Waals surface area contributed by atoms with E-state index in [2.05, 4.69) is 25.7 Å². The third-order valence-electron chi connectivity index (χ3n) is 4.44. The van der Waals surface area contributed by atoms with E-state index in [9.17, 15) is 0 Å². The van der Waals surface area contributed by atoms with Gasteiger partial charge in [0.1, 0.15) is 11.6 Å². The molecule has 0 aliphatic rings. The molecule has 0 fully saturated rings. The fourth-order valence-electron chi connectivity index (χ4n) is 3.06. The second kappa shape index (κ2) is 8.93. The first-order valence-electron chi connectivity index (χ1n) is 9.47. The molecule has 2 aromatic carbocycles. The highest BCUT2D eigenvalue weighted by molar-refractivity contribution is 6.30. The van der Waals surface area contributed by atoms with E-state index >= 15 is 0 Å².